The fourth-order valence-corrected chi connectivity index (χ4v) is 1.35. The Kier molecular flexibility index (Phi) is 4.77. The summed E-state index contributed by atoms with van der Waals surface area (Å²) in [5.74, 6) is 0. The Morgan fingerprint density at radius 3 is 1.30 bits per heavy atom. The third kappa shape index (κ3) is 1.81. The van der Waals surface area contributed by atoms with Gasteiger partial charge in [0.15, 0.2) is 0 Å². The van der Waals surface area contributed by atoms with E-state index < -0.39 is 0 Å². The maximum Gasteiger partial charge on any atom is 0.0184 e. The summed E-state index contributed by atoms with van der Waals surface area (Å²) in [5.41, 5.74) is 3.20. The molecule has 0 amide bonds. The molecule has 0 aromatic rings. The molecule has 10 heavy (non-hydrogen) atoms. The topological polar surface area (TPSA) is 24.1 Å². The average molecular weight is 272 g/mol. The van der Waals surface area contributed by atoms with Crippen molar-refractivity contribution in [2.75, 3.05) is 26.2 Å². The van der Waals surface area contributed by atoms with Gasteiger partial charge in [-0.3, -0.25) is 0 Å². The molecule has 0 saturated carbocycles. The molecule has 0 aliphatic carbocycles. The largest absolute Gasteiger partial charge is 0.309 e. The molecular formula is C6H12Br2N2. The van der Waals surface area contributed by atoms with Crippen molar-refractivity contribution >= 4 is 34.0 Å². The van der Waals surface area contributed by atoms with E-state index in [2.05, 4.69) is 10.6 Å². The highest BCUT2D eigenvalue weighted by atomic mass is 79.9. The van der Waals surface area contributed by atoms with Gasteiger partial charge in [0, 0.05) is 26.2 Å². The minimum Gasteiger partial charge on any atom is -0.309 e. The maximum absolute atomic E-state index is 3.31. The van der Waals surface area contributed by atoms with Crippen LogP contribution in [0.3, 0.4) is 0 Å². The standard InChI is InChI=1S/C6H10N2.2BrH/c1-5-2-8-4-6(5)3-7-1;;/h7-8H,1-4H2;2*1H. The van der Waals surface area contributed by atoms with E-state index in [0.29, 0.717) is 0 Å². The van der Waals surface area contributed by atoms with Crippen LogP contribution in [-0.4, -0.2) is 26.2 Å². The molecular weight excluding hydrogens is 260 g/mol. The van der Waals surface area contributed by atoms with Crippen LogP contribution in [0.15, 0.2) is 11.1 Å². The fraction of sp³-hybridized carbons (Fsp3) is 0.667. The van der Waals surface area contributed by atoms with Crippen LogP contribution in [-0.2, 0) is 0 Å². The number of rotatable bonds is 0. The van der Waals surface area contributed by atoms with Crippen molar-refractivity contribution in [3.05, 3.63) is 11.1 Å². The van der Waals surface area contributed by atoms with E-state index in [1.807, 2.05) is 0 Å². The lowest BCUT2D eigenvalue weighted by atomic mass is 10.2. The zero-order valence-corrected chi connectivity index (χ0v) is 9.07. The van der Waals surface area contributed by atoms with Crippen LogP contribution in [0, 0.1) is 0 Å². The molecule has 0 radical (unpaired) electrons. The first kappa shape index (κ1) is 10.6. The Morgan fingerprint density at radius 1 is 0.700 bits per heavy atom. The van der Waals surface area contributed by atoms with Crippen LogP contribution < -0.4 is 10.6 Å². The Bertz CT molecular complexity index is 117. The molecule has 60 valence electrons. The molecule has 2 N–H and O–H groups in total. The summed E-state index contributed by atoms with van der Waals surface area (Å²) in [6, 6.07) is 0. The highest BCUT2D eigenvalue weighted by molar-refractivity contribution is 8.93. The van der Waals surface area contributed by atoms with Gasteiger partial charge in [0.2, 0.25) is 0 Å². The van der Waals surface area contributed by atoms with E-state index in [1.165, 1.54) is 0 Å². The van der Waals surface area contributed by atoms with Crippen molar-refractivity contribution in [2.45, 2.75) is 0 Å². The van der Waals surface area contributed by atoms with Gasteiger partial charge in [0.1, 0.15) is 0 Å². The lowest BCUT2D eigenvalue weighted by molar-refractivity contribution is 0.761. The summed E-state index contributed by atoms with van der Waals surface area (Å²) >= 11 is 0. The van der Waals surface area contributed by atoms with Gasteiger partial charge in [-0.2, -0.15) is 0 Å². The molecule has 0 aromatic heterocycles. The Hall–Kier alpha value is 0.620. The molecule has 0 aromatic carbocycles. The fourth-order valence-electron chi connectivity index (χ4n) is 1.35. The first-order valence-electron chi connectivity index (χ1n) is 3.08. The normalized spacial score (nSPS) is 21.6. The molecule has 2 aliphatic rings. The van der Waals surface area contributed by atoms with Gasteiger partial charge in [-0.05, 0) is 11.1 Å². The Labute approximate surface area is 82.0 Å². The van der Waals surface area contributed by atoms with Crippen LogP contribution in [0.2, 0.25) is 0 Å². The van der Waals surface area contributed by atoms with Crippen LogP contribution in [0.5, 0.6) is 0 Å². The molecule has 0 bridgehead atoms. The highest BCUT2D eigenvalue weighted by Crippen LogP contribution is 2.11. The van der Waals surface area contributed by atoms with Crippen molar-refractivity contribution in [3.63, 3.8) is 0 Å². The SMILES string of the molecule is Br.Br.C1NCC2=C1CNC2. The van der Waals surface area contributed by atoms with Gasteiger partial charge in [-0.15, -0.1) is 34.0 Å². The van der Waals surface area contributed by atoms with Gasteiger partial charge in [0.25, 0.3) is 0 Å². The van der Waals surface area contributed by atoms with E-state index in [9.17, 15) is 0 Å². The zero-order chi connectivity index (χ0) is 5.40. The Morgan fingerprint density at radius 2 is 1.00 bits per heavy atom. The van der Waals surface area contributed by atoms with Crippen molar-refractivity contribution in [2.24, 2.45) is 0 Å². The summed E-state index contributed by atoms with van der Waals surface area (Å²) in [5, 5.41) is 6.62. The molecule has 2 nitrogen and oxygen atoms in total. The number of hydrogen-bond donors (Lipinski definition) is 2. The predicted molar refractivity (Wildman–Crippen MR) is 53.4 cm³/mol. The average Bonchev–Trinajstić information content (AvgIpc) is 2.15. The molecule has 0 unspecified atom stereocenters. The smallest absolute Gasteiger partial charge is 0.0184 e. The Balaban J connectivity index is 0.000000405. The van der Waals surface area contributed by atoms with E-state index in [0.717, 1.165) is 26.2 Å². The van der Waals surface area contributed by atoms with Crippen LogP contribution in [0.1, 0.15) is 0 Å². The molecule has 0 spiro atoms. The maximum atomic E-state index is 3.31. The van der Waals surface area contributed by atoms with E-state index >= 15 is 0 Å². The van der Waals surface area contributed by atoms with Crippen LogP contribution in [0.25, 0.3) is 0 Å². The van der Waals surface area contributed by atoms with Gasteiger partial charge in [-0.1, -0.05) is 0 Å². The van der Waals surface area contributed by atoms with E-state index in [-0.39, 0.29) is 34.0 Å². The number of nitrogens with one attached hydrogen (secondary N) is 2. The molecule has 2 heterocycles. The summed E-state index contributed by atoms with van der Waals surface area (Å²) in [7, 11) is 0. The minimum atomic E-state index is 0. The van der Waals surface area contributed by atoms with Crippen molar-refractivity contribution < 1.29 is 0 Å². The summed E-state index contributed by atoms with van der Waals surface area (Å²) < 4.78 is 0. The zero-order valence-electron chi connectivity index (χ0n) is 5.64. The number of halogens is 2. The summed E-state index contributed by atoms with van der Waals surface area (Å²) in [4.78, 5) is 0. The van der Waals surface area contributed by atoms with Gasteiger partial charge in [-0.25, -0.2) is 0 Å². The molecule has 4 heteroatoms. The lowest BCUT2D eigenvalue weighted by Crippen LogP contribution is -2.20. The first-order valence-corrected chi connectivity index (χ1v) is 3.08. The minimum absolute atomic E-state index is 0. The molecule has 0 atom stereocenters. The van der Waals surface area contributed by atoms with Gasteiger partial charge < -0.3 is 10.6 Å². The van der Waals surface area contributed by atoms with Crippen molar-refractivity contribution in [1.82, 2.24) is 10.6 Å². The second kappa shape index (κ2) is 4.49. The highest BCUT2D eigenvalue weighted by Gasteiger charge is 2.17. The van der Waals surface area contributed by atoms with Crippen LogP contribution >= 0.6 is 34.0 Å². The van der Waals surface area contributed by atoms with E-state index in [1.54, 1.807) is 11.1 Å². The van der Waals surface area contributed by atoms with E-state index in [4.69, 9.17) is 0 Å². The quantitative estimate of drug-likeness (QED) is 0.632. The monoisotopic (exact) mass is 270 g/mol. The van der Waals surface area contributed by atoms with Gasteiger partial charge in [0.05, 0.1) is 0 Å². The summed E-state index contributed by atoms with van der Waals surface area (Å²) in [6.07, 6.45) is 0. The predicted octanol–water partition coefficient (Wildman–Crippen LogP) is 0.645. The lowest BCUT2D eigenvalue weighted by Gasteiger charge is -1.96. The molecule has 2 aliphatic heterocycles. The summed E-state index contributed by atoms with van der Waals surface area (Å²) in [6.45, 7) is 4.51. The second-order valence-electron chi connectivity index (χ2n) is 2.41. The first-order chi connectivity index (χ1) is 3.97. The molecule has 2 rings (SSSR count). The molecule has 0 saturated heterocycles. The second-order valence-corrected chi connectivity index (χ2v) is 2.41. The third-order valence-electron chi connectivity index (χ3n) is 1.85. The van der Waals surface area contributed by atoms with Crippen molar-refractivity contribution in [3.8, 4) is 0 Å². The van der Waals surface area contributed by atoms with Gasteiger partial charge >= 0.3 is 0 Å². The third-order valence-corrected chi connectivity index (χ3v) is 1.85. The number of hydrogen-bond acceptors (Lipinski definition) is 2. The van der Waals surface area contributed by atoms with Crippen LogP contribution in [0.4, 0.5) is 0 Å². The molecule has 0 fully saturated rings. The van der Waals surface area contributed by atoms with Crippen molar-refractivity contribution in [1.29, 1.82) is 0 Å².